The number of hydrogen-bond acceptors (Lipinski definition) is 3. The van der Waals surface area contributed by atoms with Gasteiger partial charge in [-0.05, 0) is 18.9 Å². The Morgan fingerprint density at radius 3 is 2.50 bits per heavy atom. The lowest BCUT2D eigenvalue weighted by Crippen LogP contribution is -2.60. The van der Waals surface area contributed by atoms with Crippen LogP contribution in [0.15, 0.2) is 18.3 Å². The highest BCUT2D eigenvalue weighted by atomic mass is 19.4. The molecule has 0 aromatic carbocycles. The minimum Gasteiger partial charge on any atom is -0.471 e. The lowest BCUT2D eigenvalue weighted by molar-refractivity contribution is -0.137. The summed E-state index contributed by atoms with van der Waals surface area (Å²) in [5.74, 6) is 0.139. The molecule has 1 saturated carbocycles. The number of hydrogen-bond donors (Lipinski definition) is 1. The number of carbonyl (C=O) groups excluding carboxylic acids is 1. The molecule has 1 N–H and O–H groups in total. The van der Waals surface area contributed by atoms with Crippen molar-refractivity contribution in [3.63, 3.8) is 0 Å². The van der Waals surface area contributed by atoms with Crippen molar-refractivity contribution in [1.82, 2.24) is 15.2 Å². The average molecular weight is 343 g/mol. The highest BCUT2D eigenvalue weighted by molar-refractivity contribution is 5.75. The molecule has 0 unspecified atom stereocenters. The molecule has 2 amide bonds. The van der Waals surface area contributed by atoms with Crippen molar-refractivity contribution in [2.45, 2.75) is 50.4 Å². The highest BCUT2D eigenvalue weighted by Gasteiger charge is 2.34. The Bertz CT molecular complexity index is 565. The van der Waals surface area contributed by atoms with Crippen LogP contribution in [-0.2, 0) is 6.18 Å². The zero-order chi connectivity index (χ0) is 17.2. The van der Waals surface area contributed by atoms with E-state index in [9.17, 15) is 18.0 Å². The van der Waals surface area contributed by atoms with Gasteiger partial charge in [-0.15, -0.1) is 0 Å². The number of alkyl halides is 3. The molecule has 0 atom stereocenters. The maximum atomic E-state index is 12.5. The fraction of sp³-hybridized carbons (Fsp3) is 0.625. The Kier molecular flexibility index (Phi) is 4.82. The number of amides is 2. The molecule has 8 heteroatoms. The summed E-state index contributed by atoms with van der Waals surface area (Å²) in [6, 6.07) is 2.30. The number of likely N-dealkylation sites (tertiary alicyclic amines) is 1. The van der Waals surface area contributed by atoms with Crippen molar-refractivity contribution in [1.29, 1.82) is 0 Å². The summed E-state index contributed by atoms with van der Waals surface area (Å²) in [4.78, 5) is 17.4. The third-order valence-electron chi connectivity index (χ3n) is 4.42. The van der Waals surface area contributed by atoms with Gasteiger partial charge in [0.25, 0.3) is 0 Å². The van der Waals surface area contributed by atoms with E-state index in [1.54, 1.807) is 4.90 Å². The first-order valence-corrected chi connectivity index (χ1v) is 8.17. The van der Waals surface area contributed by atoms with Gasteiger partial charge < -0.3 is 15.0 Å². The van der Waals surface area contributed by atoms with Gasteiger partial charge in [0.05, 0.1) is 18.7 Å². The van der Waals surface area contributed by atoms with E-state index in [1.165, 1.54) is 12.5 Å². The summed E-state index contributed by atoms with van der Waals surface area (Å²) in [6.07, 6.45) is 1.69. The number of pyridine rings is 1. The number of aromatic nitrogens is 1. The molecule has 0 radical (unpaired) electrons. The maximum absolute atomic E-state index is 12.5. The van der Waals surface area contributed by atoms with Gasteiger partial charge in [0.15, 0.2) is 0 Å². The molecular weight excluding hydrogens is 323 g/mol. The summed E-state index contributed by atoms with van der Waals surface area (Å²) in [5.41, 5.74) is -0.808. The number of halogens is 3. The van der Waals surface area contributed by atoms with E-state index in [1.807, 2.05) is 0 Å². The lowest BCUT2D eigenvalue weighted by Gasteiger charge is -2.39. The second kappa shape index (κ2) is 6.86. The first kappa shape index (κ1) is 16.9. The van der Waals surface area contributed by atoms with E-state index in [0.29, 0.717) is 13.1 Å². The molecule has 2 heterocycles. The number of carbonyl (C=O) groups is 1. The van der Waals surface area contributed by atoms with Crippen LogP contribution in [0.5, 0.6) is 5.88 Å². The second-order valence-corrected chi connectivity index (χ2v) is 6.31. The van der Waals surface area contributed by atoms with Crippen LogP contribution in [0.2, 0.25) is 0 Å². The molecule has 24 heavy (non-hydrogen) atoms. The molecule has 1 aromatic rings. The fourth-order valence-electron chi connectivity index (χ4n) is 2.98. The summed E-state index contributed by atoms with van der Waals surface area (Å²) < 4.78 is 42.9. The van der Waals surface area contributed by atoms with Crippen LogP contribution in [0.4, 0.5) is 18.0 Å². The van der Waals surface area contributed by atoms with E-state index >= 15 is 0 Å². The highest BCUT2D eigenvalue weighted by Crippen LogP contribution is 2.29. The lowest BCUT2D eigenvalue weighted by atomic mass is 9.95. The molecule has 1 aliphatic carbocycles. The Morgan fingerprint density at radius 2 is 1.92 bits per heavy atom. The summed E-state index contributed by atoms with van der Waals surface area (Å²) >= 11 is 0. The Morgan fingerprint density at radius 1 is 1.21 bits per heavy atom. The molecule has 132 valence electrons. The van der Waals surface area contributed by atoms with Gasteiger partial charge in [0.1, 0.15) is 6.10 Å². The normalized spacial score (nSPS) is 19.7. The number of rotatable bonds is 3. The third kappa shape index (κ3) is 4.10. The van der Waals surface area contributed by atoms with Crippen LogP contribution in [0.25, 0.3) is 0 Å². The van der Waals surface area contributed by atoms with Crippen molar-refractivity contribution in [3.05, 3.63) is 23.9 Å². The predicted octanol–water partition coefficient (Wildman–Crippen LogP) is 3.21. The molecule has 3 rings (SSSR count). The smallest absolute Gasteiger partial charge is 0.417 e. The van der Waals surface area contributed by atoms with Crippen molar-refractivity contribution in [2.75, 3.05) is 13.1 Å². The van der Waals surface area contributed by atoms with Crippen LogP contribution in [0, 0.1) is 0 Å². The molecule has 1 saturated heterocycles. The Hall–Kier alpha value is -1.99. The molecule has 0 bridgehead atoms. The standard InChI is InChI=1S/C16H20F3N3O2/c17-16(18,19)11-6-7-14(20-8-11)24-13-9-22(10-13)15(23)21-12-4-2-1-3-5-12/h6-8,12-13H,1-5,9-10H2,(H,21,23). The van der Waals surface area contributed by atoms with Crippen LogP contribution >= 0.6 is 0 Å². The van der Waals surface area contributed by atoms with Gasteiger partial charge in [-0.1, -0.05) is 19.3 Å². The van der Waals surface area contributed by atoms with Crippen LogP contribution in [0.1, 0.15) is 37.7 Å². The van der Waals surface area contributed by atoms with Gasteiger partial charge in [0.2, 0.25) is 5.88 Å². The third-order valence-corrected chi connectivity index (χ3v) is 4.42. The number of nitrogens with zero attached hydrogens (tertiary/aromatic N) is 2. The Labute approximate surface area is 138 Å². The molecule has 1 aliphatic heterocycles. The van der Waals surface area contributed by atoms with E-state index < -0.39 is 11.7 Å². The van der Waals surface area contributed by atoms with Crippen molar-refractivity contribution in [2.24, 2.45) is 0 Å². The minimum absolute atomic E-state index is 0.0953. The SMILES string of the molecule is O=C(NC1CCCCC1)N1CC(Oc2ccc(C(F)(F)F)cn2)C1. The van der Waals surface area contributed by atoms with E-state index in [-0.39, 0.29) is 24.1 Å². The summed E-state index contributed by atoms with van der Waals surface area (Å²) in [5, 5.41) is 3.02. The molecule has 5 nitrogen and oxygen atoms in total. The first-order chi connectivity index (χ1) is 11.4. The Balaban J connectivity index is 1.42. The summed E-state index contributed by atoms with van der Waals surface area (Å²) in [6.45, 7) is 0.836. The van der Waals surface area contributed by atoms with Gasteiger partial charge in [-0.25, -0.2) is 9.78 Å². The second-order valence-electron chi connectivity index (χ2n) is 6.31. The van der Waals surface area contributed by atoms with E-state index in [0.717, 1.165) is 37.9 Å². The van der Waals surface area contributed by atoms with Gasteiger partial charge in [-0.2, -0.15) is 13.2 Å². The number of urea groups is 1. The van der Waals surface area contributed by atoms with Crippen molar-refractivity contribution >= 4 is 6.03 Å². The van der Waals surface area contributed by atoms with Gasteiger partial charge in [0, 0.05) is 18.3 Å². The van der Waals surface area contributed by atoms with Gasteiger partial charge >= 0.3 is 12.2 Å². The maximum Gasteiger partial charge on any atom is 0.417 e. The average Bonchev–Trinajstić information content (AvgIpc) is 2.51. The first-order valence-electron chi connectivity index (χ1n) is 8.17. The molecule has 1 aromatic heterocycles. The number of ether oxygens (including phenoxy) is 1. The zero-order valence-electron chi connectivity index (χ0n) is 13.2. The van der Waals surface area contributed by atoms with Crippen LogP contribution < -0.4 is 10.1 Å². The zero-order valence-corrected chi connectivity index (χ0v) is 13.2. The molecule has 2 fully saturated rings. The van der Waals surface area contributed by atoms with Crippen molar-refractivity contribution < 1.29 is 22.7 Å². The van der Waals surface area contributed by atoms with E-state index in [4.69, 9.17) is 4.74 Å². The largest absolute Gasteiger partial charge is 0.471 e. The number of nitrogens with one attached hydrogen (secondary N) is 1. The molecule has 0 spiro atoms. The molecular formula is C16H20F3N3O2. The van der Waals surface area contributed by atoms with Crippen LogP contribution in [0.3, 0.4) is 0 Å². The van der Waals surface area contributed by atoms with Crippen LogP contribution in [-0.4, -0.2) is 41.2 Å². The van der Waals surface area contributed by atoms with Gasteiger partial charge in [-0.3, -0.25) is 0 Å². The minimum atomic E-state index is -4.41. The topological polar surface area (TPSA) is 54.5 Å². The molecule has 2 aliphatic rings. The monoisotopic (exact) mass is 343 g/mol. The van der Waals surface area contributed by atoms with E-state index in [2.05, 4.69) is 10.3 Å². The van der Waals surface area contributed by atoms with Crippen molar-refractivity contribution in [3.8, 4) is 5.88 Å². The summed E-state index contributed by atoms with van der Waals surface area (Å²) in [7, 11) is 0. The fourth-order valence-corrected chi connectivity index (χ4v) is 2.98. The predicted molar refractivity (Wildman–Crippen MR) is 80.6 cm³/mol. The quantitative estimate of drug-likeness (QED) is 0.917.